The van der Waals surface area contributed by atoms with E-state index in [1.165, 1.54) is 7.11 Å². The molecule has 0 bridgehead atoms. The lowest BCUT2D eigenvalue weighted by Gasteiger charge is -2.08. The van der Waals surface area contributed by atoms with Gasteiger partial charge in [-0.1, -0.05) is 49.5 Å². The van der Waals surface area contributed by atoms with E-state index in [9.17, 15) is 4.79 Å². The minimum Gasteiger partial charge on any atom is -0.489 e. The van der Waals surface area contributed by atoms with E-state index < -0.39 is 5.97 Å². The van der Waals surface area contributed by atoms with Gasteiger partial charge in [-0.2, -0.15) is 0 Å². The number of benzene rings is 3. The maximum Gasteiger partial charge on any atom is 0.339 e. The fourth-order valence-corrected chi connectivity index (χ4v) is 3.82. The number of ether oxygens (including phenoxy) is 2. The summed E-state index contributed by atoms with van der Waals surface area (Å²) in [5.74, 6) is 0.266. The Bertz CT molecular complexity index is 1050. The number of carbonyl (C=O) groups excluding carboxylic acids is 1. The van der Waals surface area contributed by atoms with Crippen LogP contribution in [0.1, 0.15) is 21.5 Å². The first-order valence-corrected chi connectivity index (χ1v) is 10.5. The summed E-state index contributed by atoms with van der Waals surface area (Å²) in [5.41, 5.74) is 2.85. The van der Waals surface area contributed by atoms with Crippen LogP contribution in [0.4, 0.5) is 5.69 Å². The summed E-state index contributed by atoms with van der Waals surface area (Å²) < 4.78 is 12.6. The third-order valence-electron chi connectivity index (χ3n) is 4.01. The molecule has 0 amide bonds. The number of hydrogen-bond donors (Lipinski definition) is 0. The van der Waals surface area contributed by atoms with Crippen molar-refractivity contribution in [3.8, 4) is 5.75 Å². The molecule has 4 nitrogen and oxygen atoms in total. The van der Waals surface area contributed by atoms with E-state index in [0.717, 1.165) is 25.8 Å². The summed E-state index contributed by atoms with van der Waals surface area (Å²) in [6.07, 6.45) is 1.71. The molecule has 0 fully saturated rings. The Morgan fingerprint density at radius 1 is 1.07 bits per heavy atom. The number of hydrogen-bond acceptors (Lipinski definition) is 4. The molecule has 0 aromatic heterocycles. The van der Waals surface area contributed by atoms with Crippen molar-refractivity contribution >= 4 is 61.3 Å². The van der Waals surface area contributed by atoms with E-state index in [4.69, 9.17) is 21.1 Å². The predicted octanol–water partition coefficient (Wildman–Crippen LogP) is 6.98. The summed E-state index contributed by atoms with van der Waals surface area (Å²) in [7, 11) is 1.31. The van der Waals surface area contributed by atoms with E-state index in [1.54, 1.807) is 24.4 Å². The molecule has 3 aromatic carbocycles. The lowest BCUT2D eigenvalue weighted by atomic mass is 10.2. The van der Waals surface area contributed by atoms with Gasteiger partial charge in [-0.15, -0.1) is 0 Å². The Balaban J connectivity index is 1.65. The van der Waals surface area contributed by atoms with Crippen LogP contribution < -0.4 is 4.74 Å². The van der Waals surface area contributed by atoms with Crippen molar-refractivity contribution in [2.24, 2.45) is 4.99 Å². The lowest BCUT2D eigenvalue weighted by molar-refractivity contribution is 0.0601. The first-order valence-electron chi connectivity index (χ1n) is 8.55. The Morgan fingerprint density at radius 3 is 2.52 bits per heavy atom. The fraction of sp³-hybridized carbons (Fsp3) is 0.0909. The van der Waals surface area contributed by atoms with Gasteiger partial charge in [-0.05, 0) is 60.2 Å². The van der Waals surface area contributed by atoms with Gasteiger partial charge >= 0.3 is 5.97 Å². The Morgan fingerprint density at radius 2 is 1.83 bits per heavy atom. The summed E-state index contributed by atoms with van der Waals surface area (Å²) in [6.45, 7) is 0.461. The molecule has 0 spiro atoms. The smallest absolute Gasteiger partial charge is 0.339 e. The van der Waals surface area contributed by atoms with Crippen molar-refractivity contribution in [2.45, 2.75) is 6.61 Å². The summed E-state index contributed by atoms with van der Waals surface area (Å²) in [6, 6.07) is 18.5. The molecule has 0 heterocycles. The average molecular weight is 538 g/mol. The highest BCUT2D eigenvalue weighted by Crippen LogP contribution is 2.25. The van der Waals surface area contributed by atoms with Crippen LogP contribution in [0.3, 0.4) is 0 Å². The molecule has 29 heavy (non-hydrogen) atoms. The van der Waals surface area contributed by atoms with Crippen molar-refractivity contribution in [1.29, 1.82) is 0 Å². The summed E-state index contributed by atoms with van der Waals surface area (Å²) >= 11 is 13.0. The second-order valence-electron chi connectivity index (χ2n) is 6.01. The van der Waals surface area contributed by atoms with Crippen molar-refractivity contribution in [2.75, 3.05) is 7.11 Å². The fourth-order valence-electron chi connectivity index (χ4n) is 2.46. The van der Waals surface area contributed by atoms with E-state index in [2.05, 4.69) is 36.9 Å². The van der Waals surface area contributed by atoms with Crippen molar-refractivity contribution in [3.63, 3.8) is 0 Å². The van der Waals surface area contributed by atoms with Gasteiger partial charge in [0, 0.05) is 20.7 Å². The van der Waals surface area contributed by atoms with Gasteiger partial charge in [-0.25, -0.2) is 4.79 Å². The average Bonchev–Trinajstić information content (AvgIpc) is 2.72. The summed E-state index contributed by atoms with van der Waals surface area (Å²) in [5, 5.41) is 0.328. The van der Waals surface area contributed by atoms with E-state index in [-0.39, 0.29) is 5.56 Å². The molecular formula is C22H16Br2ClNO3. The SMILES string of the molecule is COC(=O)c1cc(N=Cc2ccc(OCc3ccc(Br)cc3Br)cc2)ccc1Cl. The second-order valence-corrected chi connectivity index (χ2v) is 8.18. The van der Waals surface area contributed by atoms with Crippen LogP contribution in [0.25, 0.3) is 0 Å². The van der Waals surface area contributed by atoms with Gasteiger partial charge in [0.25, 0.3) is 0 Å². The monoisotopic (exact) mass is 535 g/mol. The zero-order valence-corrected chi connectivity index (χ0v) is 19.3. The van der Waals surface area contributed by atoms with Crippen molar-refractivity contribution in [3.05, 3.63) is 91.3 Å². The van der Waals surface area contributed by atoms with Gasteiger partial charge in [0.15, 0.2) is 0 Å². The highest BCUT2D eigenvalue weighted by atomic mass is 79.9. The Kier molecular flexibility index (Phi) is 7.47. The standard InChI is InChI=1S/C22H16Br2ClNO3/c1-28-22(27)19-11-17(6-9-21(19)25)26-12-14-2-7-18(8-3-14)29-13-15-4-5-16(23)10-20(15)24/h2-12H,13H2,1H3. The first-order chi connectivity index (χ1) is 14.0. The molecule has 0 saturated carbocycles. The number of rotatable bonds is 6. The third-order valence-corrected chi connectivity index (χ3v) is 5.57. The molecule has 3 rings (SSSR count). The van der Waals surface area contributed by atoms with E-state index in [1.807, 2.05) is 42.5 Å². The zero-order valence-electron chi connectivity index (χ0n) is 15.4. The molecule has 148 valence electrons. The molecule has 0 saturated heterocycles. The topological polar surface area (TPSA) is 47.9 Å². The van der Waals surface area contributed by atoms with Crippen LogP contribution in [0.5, 0.6) is 5.75 Å². The van der Waals surface area contributed by atoms with E-state index in [0.29, 0.717) is 17.3 Å². The highest BCUT2D eigenvalue weighted by molar-refractivity contribution is 9.11. The molecule has 0 unspecified atom stereocenters. The Labute approximate surface area is 190 Å². The van der Waals surface area contributed by atoms with Gasteiger partial charge < -0.3 is 9.47 Å². The maximum atomic E-state index is 11.7. The maximum absolute atomic E-state index is 11.7. The Hall–Kier alpha value is -2.15. The largest absolute Gasteiger partial charge is 0.489 e. The minimum absolute atomic E-state index is 0.284. The highest BCUT2D eigenvalue weighted by Gasteiger charge is 2.10. The number of carbonyl (C=O) groups is 1. The molecule has 0 aliphatic carbocycles. The van der Waals surface area contributed by atoms with Gasteiger partial charge in [0.2, 0.25) is 0 Å². The quantitative estimate of drug-likeness (QED) is 0.252. The number of nitrogens with zero attached hydrogens (tertiary/aromatic N) is 1. The van der Waals surface area contributed by atoms with Crippen LogP contribution >= 0.6 is 43.5 Å². The number of methoxy groups -OCH3 is 1. The van der Waals surface area contributed by atoms with Crippen LogP contribution in [-0.4, -0.2) is 19.3 Å². The van der Waals surface area contributed by atoms with Crippen LogP contribution in [0.2, 0.25) is 5.02 Å². The number of esters is 1. The lowest BCUT2D eigenvalue weighted by Crippen LogP contribution is -2.01. The zero-order chi connectivity index (χ0) is 20.8. The van der Waals surface area contributed by atoms with Gasteiger partial charge in [0.1, 0.15) is 12.4 Å². The van der Waals surface area contributed by atoms with Gasteiger partial charge in [-0.3, -0.25) is 4.99 Å². The molecule has 0 aliphatic heterocycles. The predicted molar refractivity (Wildman–Crippen MR) is 123 cm³/mol. The van der Waals surface area contributed by atoms with Gasteiger partial charge in [0.05, 0.1) is 23.4 Å². The summed E-state index contributed by atoms with van der Waals surface area (Å²) in [4.78, 5) is 16.1. The minimum atomic E-state index is -0.494. The third kappa shape index (κ3) is 5.92. The second kappa shape index (κ2) is 10.1. The molecule has 7 heteroatoms. The van der Waals surface area contributed by atoms with Crippen LogP contribution in [0, 0.1) is 0 Å². The molecule has 0 aliphatic rings. The molecule has 0 radical (unpaired) electrons. The normalized spacial score (nSPS) is 10.9. The number of halogens is 3. The van der Waals surface area contributed by atoms with Crippen LogP contribution in [-0.2, 0) is 11.3 Å². The molecule has 0 atom stereocenters. The van der Waals surface area contributed by atoms with E-state index >= 15 is 0 Å². The molecular weight excluding hydrogens is 522 g/mol. The van der Waals surface area contributed by atoms with Crippen molar-refractivity contribution < 1.29 is 14.3 Å². The number of aliphatic imine (C=N–C) groups is 1. The van der Waals surface area contributed by atoms with Crippen molar-refractivity contribution in [1.82, 2.24) is 0 Å². The molecule has 3 aromatic rings. The molecule has 0 N–H and O–H groups in total. The van der Waals surface area contributed by atoms with Crippen LogP contribution in [0.15, 0.2) is 74.6 Å². The first kappa shape index (κ1) is 21.6.